The highest BCUT2D eigenvalue weighted by molar-refractivity contribution is 7.14. The first-order valence-corrected chi connectivity index (χ1v) is 10.2. The summed E-state index contributed by atoms with van der Waals surface area (Å²) in [5.41, 5.74) is 2.90. The van der Waals surface area contributed by atoms with Gasteiger partial charge in [0.25, 0.3) is 5.91 Å². The molecule has 1 fully saturated rings. The second-order valence-corrected chi connectivity index (χ2v) is 7.76. The number of morpholine rings is 1. The maximum Gasteiger partial charge on any atom is 0.276 e. The molecule has 1 aliphatic rings. The van der Waals surface area contributed by atoms with Crippen molar-refractivity contribution in [3.8, 4) is 11.3 Å². The smallest absolute Gasteiger partial charge is 0.276 e. The van der Waals surface area contributed by atoms with Crippen molar-refractivity contribution >= 4 is 39.7 Å². The minimum atomic E-state index is -0.290. The molecule has 6 nitrogen and oxygen atoms in total. The van der Waals surface area contributed by atoms with Gasteiger partial charge in [0.2, 0.25) is 0 Å². The topological polar surface area (TPSA) is 67.3 Å². The summed E-state index contributed by atoms with van der Waals surface area (Å²) in [4.78, 5) is 23.5. The van der Waals surface area contributed by atoms with Gasteiger partial charge in [0.05, 0.1) is 30.8 Å². The standard InChI is InChI=1S/C20H19ClN4O2S/c1-13-11-27-9-8-25(13)14-6-7-17(22-10-14)19(26)24-20-23-18(12-28-20)15-4-2-3-5-16(15)21/h2-7,10,12-13H,8-9,11H2,1H3,(H,23,24,26)/t13-/m0/s1. The van der Waals surface area contributed by atoms with E-state index >= 15 is 0 Å². The second kappa shape index (κ2) is 8.26. The first-order valence-electron chi connectivity index (χ1n) is 8.94. The zero-order chi connectivity index (χ0) is 19.5. The Morgan fingerprint density at radius 2 is 2.18 bits per heavy atom. The maximum atomic E-state index is 12.5. The van der Waals surface area contributed by atoms with Crippen LogP contribution in [0.5, 0.6) is 0 Å². The lowest BCUT2D eigenvalue weighted by Crippen LogP contribution is -2.43. The van der Waals surface area contributed by atoms with Crippen molar-refractivity contribution in [3.05, 3.63) is 58.7 Å². The van der Waals surface area contributed by atoms with Crippen LogP contribution in [0, 0.1) is 0 Å². The Bertz CT molecular complexity index is 976. The van der Waals surface area contributed by atoms with Crippen LogP contribution in [0.2, 0.25) is 5.02 Å². The van der Waals surface area contributed by atoms with E-state index in [4.69, 9.17) is 16.3 Å². The van der Waals surface area contributed by atoms with Gasteiger partial charge < -0.3 is 9.64 Å². The molecule has 1 amide bonds. The average molecular weight is 415 g/mol. The number of rotatable bonds is 4. The lowest BCUT2D eigenvalue weighted by atomic mass is 10.2. The van der Waals surface area contributed by atoms with E-state index in [9.17, 15) is 4.79 Å². The number of aromatic nitrogens is 2. The summed E-state index contributed by atoms with van der Waals surface area (Å²) >= 11 is 7.56. The van der Waals surface area contributed by atoms with Crippen LogP contribution in [-0.4, -0.2) is 41.7 Å². The molecular formula is C20H19ClN4O2S. The van der Waals surface area contributed by atoms with Crippen LogP contribution in [0.25, 0.3) is 11.3 Å². The van der Waals surface area contributed by atoms with E-state index < -0.39 is 0 Å². The Balaban J connectivity index is 1.45. The van der Waals surface area contributed by atoms with E-state index in [2.05, 4.69) is 27.1 Å². The van der Waals surface area contributed by atoms with E-state index in [0.717, 1.165) is 23.5 Å². The molecule has 0 radical (unpaired) electrons. The molecule has 1 N–H and O–H groups in total. The summed E-state index contributed by atoms with van der Waals surface area (Å²) in [5, 5.41) is 5.81. The third-order valence-electron chi connectivity index (χ3n) is 4.55. The van der Waals surface area contributed by atoms with Crippen molar-refractivity contribution < 1.29 is 9.53 Å². The number of benzene rings is 1. The summed E-state index contributed by atoms with van der Waals surface area (Å²) in [5.74, 6) is -0.290. The predicted octanol–water partition coefficient (Wildman–Crippen LogP) is 4.34. The van der Waals surface area contributed by atoms with E-state index in [0.29, 0.717) is 29.1 Å². The number of thiazole rings is 1. The van der Waals surface area contributed by atoms with E-state index in [-0.39, 0.29) is 11.9 Å². The first kappa shape index (κ1) is 18.9. The van der Waals surface area contributed by atoms with Crippen LogP contribution in [-0.2, 0) is 4.74 Å². The quantitative estimate of drug-likeness (QED) is 0.688. The van der Waals surface area contributed by atoms with Crippen molar-refractivity contribution in [1.82, 2.24) is 9.97 Å². The highest BCUT2D eigenvalue weighted by Crippen LogP contribution is 2.30. The summed E-state index contributed by atoms with van der Waals surface area (Å²) in [6, 6.07) is 11.4. The molecule has 0 unspecified atom stereocenters. The van der Waals surface area contributed by atoms with Gasteiger partial charge in [-0.1, -0.05) is 29.8 Å². The van der Waals surface area contributed by atoms with Gasteiger partial charge >= 0.3 is 0 Å². The number of carbonyl (C=O) groups is 1. The molecule has 0 saturated carbocycles. The molecule has 1 aliphatic heterocycles. The van der Waals surface area contributed by atoms with Crippen molar-refractivity contribution in [2.24, 2.45) is 0 Å². The number of nitrogens with zero attached hydrogens (tertiary/aromatic N) is 3. The number of ether oxygens (including phenoxy) is 1. The Hall–Kier alpha value is -2.48. The number of carbonyl (C=O) groups excluding carboxylic acids is 1. The molecule has 1 saturated heterocycles. The first-order chi connectivity index (χ1) is 13.6. The average Bonchev–Trinajstić information content (AvgIpc) is 3.17. The van der Waals surface area contributed by atoms with Gasteiger partial charge in [0.15, 0.2) is 5.13 Å². The van der Waals surface area contributed by atoms with E-state index in [1.165, 1.54) is 11.3 Å². The van der Waals surface area contributed by atoms with Crippen molar-refractivity contribution in [2.75, 3.05) is 30.0 Å². The number of nitrogens with one attached hydrogen (secondary N) is 1. The maximum absolute atomic E-state index is 12.5. The Morgan fingerprint density at radius 1 is 1.32 bits per heavy atom. The van der Waals surface area contributed by atoms with Gasteiger partial charge in [-0.15, -0.1) is 11.3 Å². The Morgan fingerprint density at radius 3 is 2.93 bits per heavy atom. The number of hydrogen-bond donors (Lipinski definition) is 1. The highest BCUT2D eigenvalue weighted by Gasteiger charge is 2.20. The fraction of sp³-hybridized carbons (Fsp3) is 0.250. The molecule has 3 heterocycles. The van der Waals surface area contributed by atoms with Crippen LogP contribution in [0.3, 0.4) is 0 Å². The van der Waals surface area contributed by atoms with Gasteiger partial charge in [-0.25, -0.2) is 9.97 Å². The molecule has 1 aromatic carbocycles. The van der Waals surface area contributed by atoms with Gasteiger partial charge in [-0.2, -0.15) is 0 Å². The van der Waals surface area contributed by atoms with Gasteiger partial charge in [0.1, 0.15) is 5.69 Å². The molecule has 3 aromatic rings. The van der Waals surface area contributed by atoms with Crippen molar-refractivity contribution in [3.63, 3.8) is 0 Å². The molecule has 28 heavy (non-hydrogen) atoms. The van der Waals surface area contributed by atoms with E-state index in [1.807, 2.05) is 35.7 Å². The second-order valence-electron chi connectivity index (χ2n) is 6.49. The fourth-order valence-corrected chi connectivity index (χ4v) is 4.02. The minimum absolute atomic E-state index is 0.286. The lowest BCUT2D eigenvalue weighted by molar-refractivity contribution is 0.0988. The fourth-order valence-electron chi connectivity index (χ4n) is 3.09. The van der Waals surface area contributed by atoms with Crippen molar-refractivity contribution in [1.29, 1.82) is 0 Å². The predicted molar refractivity (Wildman–Crippen MR) is 112 cm³/mol. The third-order valence-corrected chi connectivity index (χ3v) is 5.64. The van der Waals surface area contributed by atoms with Crippen LogP contribution in [0.15, 0.2) is 48.0 Å². The summed E-state index contributed by atoms with van der Waals surface area (Å²) in [7, 11) is 0. The SMILES string of the molecule is C[C@H]1COCCN1c1ccc(C(=O)Nc2nc(-c3ccccc3Cl)cs2)nc1. The third kappa shape index (κ3) is 4.01. The number of hydrogen-bond acceptors (Lipinski definition) is 6. The zero-order valence-electron chi connectivity index (χ0n) is 15.3. The molecule has 8 heteroatoms. The van der Waals surface area contributed by atoms with Gasteiger partial charge in [0, 0.05) is 28.6 Å². The van der Waals surface area contributed by atoms with Crippen molar-refractivity contribution in [2.45, 2.75) is 13.0 Å². The molecule has 0 bridgehead atoms. The number of pyridine rings is 1. The molecular weight excluding hydrogens is 396 g/mol. The summed E-state index contributed by atoms with van der Waals surface area (Å²) < 4.78 is 5.46. The zero-order valence-corrected chi connectivity index (χ0v) is 16.8. The summed E-state index contributed by atoms with van der Waals surface area (Å²) in [6.07, 6.45) is 1.73. The minimum Gasteiger partial charge on any atom is -0.377 e. The van der Waals surface area contributed by atoms with Crippen LogP contribution in [0.1, 0.15) is 17.4 Å². The molecule has 0 aliphatic carbocycles. The number of anilines is 2. The monoisotopic (exact) mass is 414 g/mol. The molecule has 4 rings (SSSR count). The highest BCUT2D eigenvalue weighted by atomic mass is 35.5. The Labute approximate surface area is 172 Å². The number of halogens is 1. The van der Waals surface area contributed by atoms with Crippen LogP contribution in [0.4, 0.5) is 10.8 Å². The van der Waals surface area contributed by atoms with Crippen LogP contribution >= 0.6 is 22.9 Å². The largest absolute Gasteiger partial charge is 0.377 e. The molecule has 2 aromatic heterocycles. The Kier molecular flexibility index (Phi) is 5.57. The molecule has 144 valence electrons. The number of amides is 1. The van der Waals surface area contributed by atoms with Gasteiger partial charge in [-0.3, -0.25) is 10.1 Å². The lowest BCUT2D eigenvalue weighted by Gasteiger charge is -2.34. The normalized spacial score (nSPS) is 16.8. The molecule has 0 spiro atoms. The van der Waals surface area contributed by atoms with Crippen LogP contribution < -0.4 is 10.2 Å². The van der Waals surface area contributed by atoms with Gasteiger partial charge in [-0.05, 0) is 25.1 Å². The van der Waals surface area contributed by atoms with E-state index in [1.54, 1.807) is 12.3 Å². The molecule has 1 atom stereocenters. The summed E-state index contributed by atoms with van der Waals surface area (Å²) in [6.45, 7) is 4.32.